The van der Waals surface area contributed by atoms with Gasteiger partial charge < -0.3 is 0 Å². The van der Waals surface area contributed by atoms with E-state index in [2.05, 4.69) is 34.7 Å². The van der Waals surface area contributed by atoms with E-state index in [0.29, 0.717) is 11.3 Å². The van der Waals surface area contributed by atoms with Gasteiger partial charge in [-0.15, -0.1) is 11.3 Å². The predicted molar refractivity (Wildman–Crippen MR) is 72.7 cm³/mol. The van der Waals surface area contributed by atoms with Crippen molar-refractivity contribution >= 4 is 34.9 Å². The molecule has 2 nitrogen and oxygen atoms in total. The summed E-state index contributed by atoms with van der Waals surface area (Å²) in [7, 11) is 0. The Kier molecular flexibility index (Phi) is 4.84. The molecular formula is C10H16N2S3. The number of hydrogen-bond acceptors (Lipinski definition) is 5. The zero-order chi connectivity index (χ0) is 10.5. The van der Waals surface area contributed by atoms with Crippen LogP contribution >= 0.6 is 34.9 Å². The van der Waals surface area contributed by atoms with E-state index in [-0.39, 0.29) is 0 Å². The number of thiophene rings is 1. The molecule has 0 bridgehead atoms. The quantitative estimate of drug-likeness (QED) is 0.641. The Balaban J connectivity index is 1.91. The van der Waals surface area contributed by atoms with E-state index in [0.717, 1.165) is 6.42 Å². The maximum atomic E-state index is 5.65. The van der Waals surface area contributed by atoms with Gasteiger partial charge in [0.2, 0.25) is 0 Å². The fraction of sp³-hybridized carbons (Fsp3) is 0.600. The first-order valence-electron chi connectivity index (χ1n) is 5.08. The fourth-order valence-corrected chi connectivity index (χ4v) is 5.32. The number of nitrogens with one attached hydrogen (secondary N) is 1. The molecule has 1 saturated heterocycles. The highest BCUT2D eigenvalue weighted by atomic mass is 32.2. The largest absolute Gasteiger partial charge is 0.271 e. The van der Waals surface area contributed by atoms with Crippen LogP contribution in [0, 0.1) is 0 Å². The van der Waals surface area contributed by atoms with Gasteiger partial charge in [0.25, 0.3) is 0 Å². The molecule has 0 aromatic carbocycles. The maximum absolute atomic E-state index is 5.65. The Morgan fingerprint density at radius 1 is 1.53 bits per heavy atom. The van der Waals surface area contributed by atoms with Crippen LogP contribution in [0.5, 0.6) is 0 Å². The first kappa shape index (κ1) is 11.8. The molecule has 2 rings (SSSR count). The van der Waals surface area contributed by atoms with Gasteiger partial charge >= 0.3 is 0 Å². The molecule has 2 unspecified atom stereocenters. The topological polar surface area (TPSA) is 38.0 Å². The van der Waals surface area contributed by atoms with Crippen LogP contribution in [-0.2, 0) is 6.42 Å². The van der Waals surface area contributed by atoms with Gasteiger partial charge in [0.1, 0.15) is 0 Å². The highest BCUT2D eigenvalue weighted by molar-refractivity contribution is 8.06. The fourth-order valence-electron chi connectivity index (χ4n) is 1.68. The SMILES string of the molecule is NNC(Cc1cccs1)C1CSCCS1. The number of rotatable bonds is 4. The van der Waals surface area contributed by atoms with E-state index >= 15 is 0 Å². The first-order valence-corrected chi connectivity index (χ1v) is 8.16. The van der Waals surface area contributed by atoms with Gasteiger partial charge in [-0.2, -0.15) is 23.5 Å². The van der Waals surface area contributed by atoms with Crippen molar-refractivity contribution in [2.75, 3.05) is 17.3 Å². The monoisotopic (exact) mass is 260 g/mol. The Bertz CT molecular complexity index is 270. The van der Waals surface area contributed by atoms with Crippen molar-refractivity contribution in [3.05, 3.63) is 22.4 Å². The van der Waals surface area contributed by atoms with Crippen molar-refractivity contribution in [1.82, 2.24) is 5.43 Å². The van der Waals surface area contributed by atoms with Crippen LogP contribution in [0.4, 0.5) is 0 Å². The average molecular weight is 260 g/mol. The number of nitrogens with two attached hydrogens (primary N) is 1. The van der Waals surface area contributed by atoms with Crippen LogP contribution in [0.25, 0.3) is 0 Å². The van der Waals surface area contributed by atoms with Crippen LogP contribution in [0.3, 0.4) is 0 Å². The van der Waals surface area contributed by atoms with Crippen molar-refractivity contribution in [3.8, 4) is 0 Å². The lowest BCUT2D eigenvalue weighted by Crippen LogP contribution is -2.46. The van der Waals surface area contributed by atoms with Crippen LogP contribution in [0.2, 0.25) is 0 Å². The molecule has 1 aliphatic rings. The second kappa shape index (κ2) is 6.15. The van der Waals surface area contributed by atoms with E-state index < -0.39 is 0 Å². The maximum Gasteiger partial charge on any atom is 0.0385 e. The third kappa shape index (κ3) is 3.39. The summed E-state index contributed by atoms with van der Waals surface area (Å²) >= 11 is 5.92. The summed E-state index contributed by atoms with van der Waals surface area (Å²) in [6, 6.07) is 4.72. The molecule has 2 atom stereocenters. The van der Waals surface area contributed by atoms with Crippen molar-refractivity contribution in [2.45, 2.75) is 17.7 Å². The summed E-state index contributed by atoms with van der Waals surface area (Å²) in [5.74, 6) is 9.43. The standard InChI is InChI=1S/C10H16N2S3/c11-12-9(6-8-2-1-3-14-8)10-7-13-4-5-15-10/h1-3,9-10,12H,4-7,11H2. The molecule has 1 fully saturated rings. The lowest BCUT2D eigenvalue weighted by Gasteiger charge is -2.28. The molecule has 84 valence electrons. The van der Waals surface area contributed by atoms with Crippen LogP contribution < -0.4 is 11.3 Å². The van der Waals surface area contributed by atoms with E-state index in [1.165, 1.54) is 22.1 Å². The summed E-state index contributed by atoms with van der Waals surface area (Å²) in [5, 5.41) is 2.79. The minimum atomic E-state index is 0.418. The molecule has 0 saturated carbocycles. The summed E-state index contributed by atoms with van der Waals surface area (Å²) in [6.07, 6.45) is 1.06. The number of thioether (sulfide) groups is 2. The molecule has 1 aliphatic heterocycles. The molecule has 1 aromatic heterocycles. The van der Waals surface area contributed by atoms with E-state index in [4.69, 9.17) is 5.84 Å². The normalized spacial score (nSPS) is 23.9. The summed E-state index contributed by atoms with van der Waals surface area (Å²) < 4.78 is 0. The minimum Gasteiger partial charge on any atom is -0.271 e. The van der Waals surface area contributed by atoms with Gasteiger partial charge in [-0.05, 0) is 17.9 Å². The van der Waals surface area contributed by atoms with Gasteiger partial charge in [0, 0.05) is 33.4 Å². The van der Waals surface area contributed by atoms with Crippen molar-refractivity contribution in [1.29, 1.82) is 0 Å². The van der Waals surface area contributed by atoms with E-state index in [1.807, 2.05) is 23.1 Å². The van der Waals surface area contributed by atoms with Crippen molar-refractivity contribution in [2.24, 2.45) is 5.84 Å². The van der Waals surface area contributed by atoms with Crippen LogP contribution in [0.1, 0.15) is 4.88 Å². The van der Waals surface area contributed by atoms with Crippen molar-refractivity contribution < 1.29 is 0 Å². The Morgan fingerprint density at radius 3 is 3.07 bits per heavy atom. The molecule has 0 amide bonds. The van der Waals surface area contributed by atoms with E-state index in [9.17, 15) is 0 Å². The third-order valence-electron chi connectivity index (χ3n) is 2.51. The molecule has 1 aromatic rings. The van der Waals surface area contributed by atoms with Gasteiger partial charge in [-0.25, -0.2) is 0 Å². The van der Waals surface area contributed by atoms with Crippen LogP contribution in [0.15, 0.2) is 17.5 Å². The van der Waals surface area contributed by atoms with Gasteiger partial charge in [-0.3, -0.25) is 11.3 Å². The van der Waals surface area contributed by atoms with Gasteiger partial charge in [0.05, 0.1) is 0 Å². The van der Waals surface area contributed by atoms with Gasteiger partial charge in [0.15, 0.2) is 0 Å². The average Bonchev–Trinajstić information content (AvgIpc) is 2.80. The second-order valence-electron chi connectivity index (χ2n) is 3.54. The Labute approximate surface area is 103 Å². The zero-order valence-corrected chi connectivity index (χ0v) is 11.0. The smallest absolute Gasteiger partial charge is 0.0385 e. The Morgan fingerprint density at radius 2 is 2.47 bits per heavy atom. The lowest BCUT2D eigenvalue weighted by atomic mass is 10.1. The van der Waals surface area contributed by atoms with Crippen LogP contribution in [-0.4, -0.2) is 28.6 Å². The summed E-state index contributed by atoms with van der Waals surface area (Å²) in [4.78, 5) is 1.43. The van der Waals surface area contributed by atoms with Gasteiger partial charge in [-0.1, -0.05) is 6.07 Å². The van der Waals surface area contributed by atoms with E-state index in [1.54, 1.807) is 0 Å². The molecule has 15 heavy (non-hydrogen) atoms. The lowest BCUT2D eigenvalue weighted by molar-refractivity contribution is 0.527. The molecule has 0 spiro atoms. The zero-order valence-electron chi connectivity index (χ0n) is 8.52. The molecule has 3 N–H and O–H groups in total. The summed E-state index contributed by atoms with van der Waals surface area (Å²) in [6.45, 7) is 0. The molecule has 5 heteroatoms. The summed E-state index contributed by atoms with van der Waals surface area (Å²) in [5.41, 5.74) is 2.98. The second-order valence-corrected chi connectivity index (χ2v) is 7.07. The predicted octanol–water partition coefficient (Wildman–Crippen LogP) is 1.97. The molecule has 2 heterocycles. The first-order chi connectivity index (χ1) is 7.40. The highest BCUT2D eigenvalue weighted by Crippen LogP contribution is 2.28. The molecule has 0 radical (unpaired) electrons. The minimum absolute atomic E-state index is 0.418. The van der Waals surface area contributed by atoms with Crippen molar-refractivity contribution in [3.63, 3.8) is 0 Å². The molecular weight excluding hydrogens is 244 g/mol. The highest BCUT2D eigenvalue weighted by Gasteiger charge is 2.23. The Hall–Kier alpha value is 0.320. The number of hydrazine groups is 1. The molecule has 0 aliphatic carbocycles. The third-order valence-corrected chi connectivity index (χ3v) is 6.32. The number of hydrogen-bond donors (Lipinski definition) is 2.